The van der Waals surface area contributed by atoms with Crippen molar-refractivity contribution >= 4 is 23.6 Å². The van der Waals surface area contributed by atoms with Gasteiger partial charge >= 0.3 is 5.97 Å². The molecule has 0 rings (SSSR count). The molecule has 0 aromatic rings. The van der Waals surface area contributed by atoms with Gasteiger partial charge in [0.2, 0.25) is 11.8 Å². The molecule has 0 saturated heterocycles. The maximum atomic E-state index is 12.4. The third-order valence-electron chi connectivity index (χ3n) is 6.49. The Balaban J connectivity index is 0. The summed E-state index contributed by atoms with van der Waals surface area (Å²) >= 11 is 0. The van der Waals surface area contributed by atoms with Crippen LogP contribution in [0.4, 0.5) is 0 Å². The van der Waals surface area contributed by atoms with Crippen LogP contribution in [-0.4, -0.2) is 70.7 Å². The molecule has 0 fully saturated rings. The Labute approximate surface area is 201 Å². The molecule has 0 radical (unpaired) electrons. The smallest absolute Gasteiger partial charge is 0.329 e. The molecule has 0 bridgehead atoms. The highest BCUT2D eigenvalue weighted by Crippen LogP contribution is 2.22. The highest BCUT2D eigenvalue weighted by molar-refractivity contribution is 6.09. The van der Waals surface area contributed by atoms with E-state index >= 15 is 0 Å². The monoisotopic (exact) mass is 471 g/mol. The van der Waals surface area contributed by atoms with Gasteiger partial charge in [-0.25, -0.2) is 4.79 Å². The van der Waals surface area contributed by atoms with Gasteiger partial charge in [-0.1, -0.05) is 65.2 Å². The van der Waals surface area contributed by atoms with Crippen molar-refractivity contribution in [3.05, 3.63) is 0 Å². The highest BCUT2D eigenvalue weighted by atomic mass is 16.4. The van der Waals surface area contributed by atoms with Gasteiger partial charge in [-0.15, -0.1) is 0 Å². The summed E-state index contributed by atoms with van der Waals surface area (Å²) in [7, 11) is 4.97. The Hall–Kier alpha value is -1.96. The van der Waals surface area contributed by atoms with Crippen molar-refractivity contribution in [3.8, 4) is 0 Å². The molecule has 2 amide bonds. The number of unbranched alkanes of at least 4 members (excludes halogenated alkanes) is 8. The van der Waals surface area contributed by atoms with Gasteiger partial charge < -0.3 is 15.7 Å². The van der Waals surface area contributed by atoms with Gasteiger partial charge in [0.15, 0.2) is 11.3 Å². The second kappa shape index (κ2) is 16.6. The molecule has 33 heavy (non-hydrogen) atoms. The first-order valence-electron chi connectivity index (χ1n) is 12.2. The quantitative estimate of drug-likeness (QED) is 0.259. The zero-order valence-corrected chi connectivity index (χ0v) is 22.3. The lowest BCUT2D eigenvalue weighted by molar-refractivity contribution is -0.154. The number of rotatable bonds is 16. The molecule has 8 nitrogen and oxygen atoms in total. The number of hydrogen-bond acceptors (Lipinski definition) is 5. The average molecular weight is 472 g/mol. The minimum absolute atomic E-state index is 0.0320. The Bertz CT molecular complexity index is 619. The molecular formula is C25H49N3O5. The van der Waals surface area contributed by atoms with Crippen LogP contribution in [0.5, 0.6) is 0 Å². The normalized spacial score (nSPS) is 13.0. The molecule has 194 valence electrons. The Morgan fingerprint density at radius 3 is 1.52 bits per heavy atom. The van der Waals surface area contributed by atoms with E-state index in [1.807, 2.05) is 6.92 Å². The van der Waals surface area contributed by atoms with E-state index in [-0.39, 0.29) is 11.7 Å². The second-order valence-electron chi connectivity index (χ2n) is 9.42. The predicted octanol–water partition coefficient (Wildman–Crippen LogP) is 4.00. The van der Waals surface area contributed by atoms with Gasteiger partial charge in [0.05, 0.1) is 0 Å². The van der Waals surface area contributed by atoms with Crippen LogP contribution < -0.4 is 5.73 Å². The van der Waals surface area contributed by atoms with Crippen molar-refractivity contribution in [1.29, 1.82) is 0 Å². The Kier molecular flexibility index (Phi) is 16.7. The summed E-state index contributed by atoms with van der Waals surface area (Å²) in [6, 6.07) is 0. The molecule has 0 aromatic heterocycles. The number of carboxylic acid groups (broad SMARTS) is 1. The van der Waals surface area contributed by atoms with E-state index in [1.54, 1.807) is 19.0 Å². The molecule has 0 saturated carbocycles. The zero-order valence-electron chi connectivity index (χ0n) is 22.3. The number of aliphatic carboxylic acids is 1. The first kappa shape index (κ1) is 33.2. The SMILES string of the molecule is CC(=O)N(C)C(C)(C)C(=O)O.CCCCCCCCCCCC(=O)C(CC)(C(N)=O)N(C)C. The molecular weight excluding hydrogens is 422 g/mol. The molecule has 0 aliphatic heterocycles. The number of amides is 2. The van der Waals surface area contributed by atoms with E-state index < -0.39 is 23.0 Å². The zero-order chi connectivity index (χ0) is 26.2. The van der Waals surface area contributed by atoms with Gasteiger partial charge in [0, 0.05) is 20.4 Å². The van der Waals surface area contributed by atoms with Crippen molar-refractivity contribution in [1.82, 2.24) is 9.80 Å². The Morgan fingerprint density at radius 1 is 0.818 bits per heavy atom. The van der Waals surface area contributed by atoms with Crippen LogP contribution >= 0.6 is 0 Å². The molecule has 0 spiro atoms. The van der Waals surface area contributed by atoms with Gasteiger partial charge in [-0.3, -0.25) is 19.3 Å². The van der Waals surface area contributed by atoms with Crippen molar-refractivity contribution in [2.75, 3.05) is 21.1 Å². The van der Waals surface area contributed by atoms with E-state index in [2.05, 4.69) is 6.92 Å². The van der Waals surface area contributed by atoms with Crippen LogP contribution in [-0.2, 0) is 19.2 Å². The minimum Gasteiger partial charge on any atom is -0.480 e. The van der Waals surface area contributed by atoms with E-state index in [9.17, 15) is 19.2 Å². The lowest BCUT2D eigenvalue weighted by atomic mass is 9.85. The fourth-order valence-electron chi connectivity index (χ4n) is 3.63. The summed E-state index contributed by atoms with van der Waals surface area (Å²) in [4.78, 5) is 48.4. The number of carbonyl (C=O) groups excluding carboxylic acids is 3. The van der Waals surface area contributed by atoms with Crippen molar-refractivity contribution < 1.29 is 24.3 Å². The summed E-state index contributed by atoms with van der Waals surface area (Å²) in [6.45, 7) is 8.38. The number of primary amides is 1. The van der Waals surface area contributed by atoms with Crippen molar-refractivity contribution in [2.45, 2.75) is 116 Å². The molecule has 0 aliphatic rings. The van der Waals surface area contributed by atoms with E-state index in [4.69, 9.17) is 10.8 Å². The number of nitrogens with zero attached hydrogens (tertiary/aromatic N) is 2. The number of likely N-dealkylation sites (N-methyl/N-ethyl adjacent to an activating group) is 2. The third kappa shape index (κ3) is 11.1. The number of carboxylic acids is 1. The molecule has 1 unspecified atom stereocenters. The standard InChI is InChI=1S/C18H36N2O2.C7H13NO3/c1-5-7-8-9-10-11-12-13-14-15-16(21)18(6-2,17(19)22)20(3)4;1-5(9)8(4)7(2,3)6(10)11/h5-15H2,1-4H3,(H2,19,22);1-4H3,(H,10,11). The molecule has 0 heterocycles. The first-order chi connectivity index (χ1) is 15.2. The third-order valence-corrected chi connectivity index (χ3v) is 6.49. The average Bonchev–Trinajstić information content (AvgIpc) is 2.72. The van der Waals surface area contributed by atoms with Crippen LogP contribution in [0.3, 0.4) is 0 Å². The van der Waals surface area contributed by atoms with Crippen LogP contribution in [0.2, 0.25) is 0 Å². The van der Waals surface area contributed by atoms with E-state index in [1.165, 1.54) is 77.7 Å². The fraction of sp³-hybridized carbons (Fsp3) is 0.840. The molecule has 3 N–H and O–H groups in total. The summed E-state index contributed by atoms with van der Waals surface area (Å²) < 4.78 is 0. The minimum atomic E-state index is -1.12. The molecule has 8 heteroatoms. The number of Topliss-reactive ketones (excluding diaryl/α,β-unsaturated/α-hetero) is 1. The maximum Gasteiger partial charge on any atom is 0.329 e. The molecule has 1 atom stereocenters. The largest absolute Gasteiger partial charge is 0.480 e. The van der Waals surface area contributed by atoms with E-state index in [0.717, 1.165) is 12.8 Å². The summed E-state index contributed by atoms with van der Waals surface area (Å²) in [5.74, 6) is -1.82. The summed E-state index contributed by atoms with van der Waals surface area (Å²) in [5.41, 5.74) is 3.25. The second-order valence-corrected chi connectivity index (χ2v) is 9.42. The Morgan fingerprint density at radius 2 is 1.24 bits per heavy atom. The molecule has 0 aliphatic carbocycles. The lowest BCUT2D eigenvalue weighted by Crippen LogP contribution is -2.59. The summed E-state index contributed by atoms with van der Waals surface area (Å²) in [6.07, 6.45) is 11.8. The van der Waals surface area contributed by atoms with Gasteiger partial charge in [0.1, 0.15) is 5.54 Å². The van der Waals surface area contributed by atoms with Gasteiger partial charge in [-0.05, 0) is 40.8 Å². The van der Waals surface area contributed by atoms with E-state index in [0.29, 0.717) is 12.8 Å². The maximum absolute atomic E-state index is 12.4. The lowest BCUT2D eigenvalue weighted by Gasteiger charge is -2.34. The number of carbonyl (C=O) groups is 4. The number of hydrogen-bond donors (Lipinski definition) is 2. The van der Waals surface area contributed by atoms with Gasteiger partial charge in [-0.2, -0.15) is 0 Å². The van der Waals surface area contributed by atoms with Crippen LogP contribution in [0, 0.1) is 0 Å². The van der Waals surface area contributed by atoms with Crippen LogP contribution in [0.1, 0.15) is 105 Å². The predicted molar refractivity (Wildman–Crippen MR) is 133 cm³/mol. The number of nitrogens with two attached hydrogens (primary N) is 1. The van der Waals surface area contributed by atoms with Crippen LogP contribution in [0.25, 0.3) is 0 Å². The topological polar surface area (TPSA) is 121 Å². The summed E-state index contributed by atoms with van der Waals surface area (Å²) in [5, 5.41) is 8.67. The van der Waals surface area contributed by atoms with Crippen LogP contribution in [0.15, 0.2) is 0 Å². The molecule has 0 aromatic carbocycles. The van der Waals surface area contributed by atoms with Crippen molar-refractivity contribution in [3.63, 3.8) is 0 Å². The highest BCUT2D eigenvalue weighted by Gasteiger charge is 2.43. The van der Waals surface area contributed by atoms with Crippen molar-refractivity contribution in [2.24, 2.45) is 5.73 Å². The first-order valence-corrected chi connectivity index (χ1v) is 12.2. The number of ketones is 1. The fourth-order valence-corrected chi connectivity index (χ4v) is 3.63. The van der Waals surface area contributed by atoms with Gasteiger partial charge in [0.25, 0.3) is 0 Å².